The van der Waals surface area contributed by atoms with E-state index >= 15 is 0 Å². The standard InChI is InChI=1S/C20H23NO2/c1-21(19-9-5-7-16-6-3-4-8-18(16)19)20(22)14-15-10-12-17(23-2)13-11-15/h3-4,6,8,10-13,19H,5,7,9,14H2,1-2H3/t19-/m1/s1. The molecule has 120 valence electrons. The summed E-state index contributed by atoms with van der Waals surface area (Å²) in [6.45, 7) is 0. The Kier molecular flexibility index (Phi) is 4.65. The van der Waals surface area contributed by atoms with Crippen molar-refractivity contribution < 1.29 is 9.53 Å². The van der Waals surface area contributed by atoms with Gasteiger partial charge in [0.2, 0.25) is 5.91 Å². The number of ether oxygens (including phenoxy) is 1. The van der Waals surface area contributed by atoms with E-state index < -0.39 is 0 Å². The van der Waals surface area contributed by atoms with Crippen molar-refractivity contribution >= 4 is 5.91 Å². The molecule has 0 bridgehead atoms. The van der Waals surface area contributed by atoms with E-state index in [9.17, 15) is 4.79 Å². The van der Waals surface area contributed by atoms with Crippen molar-refractivity contribution in [3.8, 4) is 5.75 Å². The molecule has 0 fully saturated rings. The van der Waals surface area contributed by atoms with Gasteiger partial charge < -0.3 is 9.64 Å². The SMILES string of the molecule is COc1ccc(CC(=O)N(C)[C@@H]2CCCc3ccccc32)cc1. The fourth-order valence-corrected chi connectivity index (χ4v) is 3.35. The van der Waals surface area contributed by atoms with Crippen LogP contribution in [0, 0.1) is 0 Å². The minimum Gasteiger partial charge on any atom is -0.497 e. The van der Waals surface area contributed by atoms with E-state index in [1.165, 1.54) is 11.1 Å². The Morgan fingerprint density at radius 2 is 1.91 bits per heavy atom. The molecule has 3 rings (SSSR count). The summed E-state index contributed by atoms with van der Waals surface area (Å²) in [6.07, 6.45) is 3.73. The lowest BCUT2D eigenvalue weighted by atomic mass is 9.87. The number of rotatable bonds is 4. The topological polar surface area (TPSA) is 29.5 Å². The number of aryl methyl sites for hydroxylation is 1. The summed E-state index contributed by atoms with van der Waals surface area (Å²) in [4.78, 5) is 14.6. The molecule has 1 aliphatic carbocycles. The Balaban J connectivity index is 1.72. The van der Waals surface area contributed by atoms with Crippen LogP contribution >= 0.6 is 0 Å². The van der Waals surface area contributed by atoms with Crippen LogP contribution in [0.2, 0.25) is 0 Å². The molecule has 3 nitrogen and oxygen atoms in total. The van der Waals surface area contributed by atoms with Gasteiger partial charge in [0.25, 0.3) is 0 Å². The van der Waals surface area contributed by atoms with Crippen molar-refractivity contribution in [2.75, 3.05) is 14.2 Å². The van der Waals surface area contributed by atoms with Crippen LogP contribution in [0.25, 0.3) is 0 Å². The summed E-state index contributed by atoms with van der Waals surface area (Å²) in [7, 11) is 3.58. The highest BCUT2D eigenvalue weighted by molar-refractivity contribution is 5.79. The second-order valence-corrected chi connectivity index (χ2v) is 6.14. The second kappa shape index (κ2) is 6.86. The van der Waals surface area contributed by atoms with Crippen molar-refractivity contribution in [3.05, 3.63) is 65.2 Å². The van der Waals surface area contributed by atoms with E-state index in [0.29, 0.717) is 6.42 Å². The van der Waals surface area contributed by atoms with Gasteiger partial charge >= 0.3 is 0 Å². The molecule has 3 heteroatoms. The maximum absolute atomic E-state index is 12.7. The Bertz CT molecular complexity index is 678. The van der Waals surface area contributed by atoms with Crippen LogP contribution in [-0.4, -0.2) is 25.0 Å². The molecule has 23 heavy (non-hydrogen) atoms. The first-order valence-electron chi connectivity index (χ1n) is 8.15. The van der Waals surface area contributed by atoms with Gasteiger partial charge in [0.15, 0.2) is 0 Å². The fraction of sp³-hybridized carbons (Fsp3) is 0.350. The minimum absolute atomic E-state index is 0.164. The van der Waals surface area contributed by atoms with Crippen LogP contribution < -0.4 is 4.74 Å². The van der Waals surface area contributed by atoms with Crippen LogP contribution in [0.5, 0.6) is 5.75 Å². The van der Waals surface area contributed by atoms with Gasteiger partial charge in [-0.3, -0.25) is 4.79 Å². The first-order valence-corrected chi connectivity index (χ1v) is 8.15. The van der Waals surface area contributed by atoms with Gasteiger partial charge in [-0.05, 0) is 48.1 Å². The average Bonchev–Trinajstić information content (AvgIpc) is 2.61. The van der Waals surface area contributed by atoms with Crippen molar-refractivity contribution in [2.24, 2.45) is 0 Å². The monoisotopic (exact) mass is 309 g/mol. The van der Waals surface area contributed by atoms with Crippen LogP contribution in [0.15, 0.2) is 48.5 Å². The van der Waals surface area contributed by atoms with Gasteiger partial charge in [0, 0.05) is 7.05 Å². The summed E-state index contributed by atoms with van der Waals surface area (Å²) >= 11 is 0. The largest absolute Gasteiger partial charge is 0.497 e. The molecular weight excluding hydrogens is 286 g/mol. The lowest BCUT2D eigenvalue weighted by molar-refractivity contribution is -0.131. The predicted molar refractivity (Wildman–Crippen MR) is 91.6 cm³/mol. The molecule has 0 saturated heterocycles. The Morgan fingerprint density at radius 1 is 1.17 bits per heavy atom. The van der Waals surface area contributed by atoms with Gasteiger partial charge in [-0.2, -0.15) is 0 Å². The number of nitrogens with zero attached hydrogens (tertiary/aromatic N) is 1. The number of hydrogen-bond acceptors (Lipinski definition) is 2. The van der Waals surface area contributed by atoms with E-state index in [4.69, 9.17) is 4.74 Å². The van der Waals surface area contributed by atoms with E-state index in [1.807, 2.05) is 36.2 Å². The van der Waals surface area contributed by atoms with E-state index in [1.54, 1.807) is 7.11 Å². The lowest BCUT2D eigenvalue weighted by Crippen LogP contribution is -2.34. The van der Waals surface area contributed by atoms with Gasteiger partial charge in [-0.15, -0.1) is 0 Å². The summed E-state index contributed by atoms with van der Waals surface area (Å²) in [5.41, 5.74) is 3.71. The van der Waals surface area contributed by atoms with Crippen molar-refractivity contribution in [1.82, 2.24) is 4.90 Å². The zero-order valence-corrected chi connectivity index (χ0v) is 13.8. The third-order valence-electron chi connectivity index (χ3n) is 4.71. The Labute approximate surface area is 137 Å². The van der Waals surface area contributed by atoms with E-state index in [0.717, 1.165) is 30.6 Å². The highest BCUT2D eigenvalue weighted by Crippen LogP contribution is 2.33. The highest BCUT2D eigenvalue weighted by atomic mass is 16.5. The number of carbonyl (C=O) groups is 1. The molecule has 0 unspecified atom stereocenters. The van der Waals surface area contributed by atoms with E-state index in [-0.39, 0.29) is 11.9 Å². The minimum atomic E-state index is 0.164. The number of carbonyl (C=O) groups excluding carboxylic acids is 1. The molecule has 0 heterocycles. The van der Waals surface area contributed by atoms with Crippen molar-refractivity contribution in [2.45, 2.75) is 31.7 Å². The summed E-state index contributed by atoms with van der Waals surface area (Å²) in [6, 6.07) is 16.4. The van der Waals surface area contributed by atoms with Gasteiger partial charge in [-0.1, -0.05) is 36.4 Å². The number of likely N-dealkylation sites (N-methyl/N-ethyl adjacent to an activating group) is 1. The second-order valence-electron chi connectivity index (χ2n) is 6.14. The third-order valence-corrected chi connectivity index (χ3v) is 4.71. The quantitative estimate of drug-likeness (QED) is 0.860. The number of fused-ring (bicyclic) bond motifs is 1. The molecule has 0 aromatic heterocycles. The average molecular weight is 309 g/mol. The number of methoxy groups -OCH3 is 1. The molecule has 2 aromatic carbocycles. The van der Waals surface area contributed by atoms with Crippen LogP contribution in [0.3, 0.4) is 0 Å². The lowest BCUT2D eigenvalue weighted by Gasteiger charge is -2.33. The van der Waals surface area contributed by atoms with Crippen molar-refractivity contribution in [1.29, 1.82) is 0 Å². The molecule has 0 saturated carbocycles. The molecular formula is C20H23NO2. The maximum atomic E-state index is 12.7. The first-order chi connectivity index (χ1) is 11.2. The molecule has 1 amide bonds. The first kappa shape index (κ1) is 15.6. The van der Waals surface area contributed by atoms with Crippen molar-refractivity contribution in [3.63, 3.8) is 0 Å². The van der Waals surface area contributed by atoms with Gasteiger partial charge in [0.1, 0.15) is 5.75 Å². The summed E-state index contributed by atoms with van der Waals surface area (Å²) in [5, 5.41) is 0. The molecule has 0 spiro atoms. The van der Waals surface area contributed by atoms with Crippen LogP contribution in [0.1, 0.15) is 35.6 Å². The summed E-state index contributed by atoms with van der Waals surface area (Å²) in [5.74, 6) is 0.979. The van der Waals surface area contributed by atoms with Crippen LogP contribution in [-0.2, 0) is 17.6 Å². The zero-order chi connectivity index (χ0) is 16.2. The molecule has 2 aromatic rings. The fourth-order valence-electron chi connectivity index (χ4n) is 3.35. The highest BCUT2D eigenvalue weighted by Gasteiger charge is 2.26. The Hall–Kier alpha value is -2.29. The number of benzene rings is 2. The molecule has 1 atom stereocenters. The number of amides is 1. The van der Waals surface area contributed by atoms with Gasteiger partial charge in [0.05, 0.1) is 19.6 Å². The normalized spacial score (nSPS) is 16.5. The smallest absolute Gasteiger partial charge is 0.227 e. The summed E-state index contributed by atoms with van der Waals surface area (Å²) < 4.78 is 5.16. The van der Waals surface area contributed by atoms with Crippen LogP contribution in [0.4, 0.5) is 0 Å². The van der Waals surface area contributed by atoms with E-state index in [2.05, 4.69) is 24.3 Å². The zero-order valence-electron chi connectivity index (χ0n) is 13.8. The molecule has 0 N–H and O–H groups in total. The molecule has 0 radical (unpaired) electrons. The number of hydrogen-bond donors (Lipinski definition) is 0. The predicted octanol–water partition coefficient (Wildman–Crippen LogP) is 3.77. The Morgan fingerprint density at radius 3 is 2.65 bits per heavy atom. The molecule has 1 aliphatic rings. The van der Waals surface area contributed by atoms with Gasteiger partial charge in [-0.25, -0.2) is 0 Å². The third kappa shape index (κ3) is 3.39. The molecule has 0 aliphatic heterocycles. The maximum Gasteiger partial charge on any atom is 0.227 e.